The van der Waals surface area contributed by atoms with Gasteiger partial charge in [0.1, 0.15) is 11.9 Å². The van der Waals surface area contributed by atoms with Crippen LogP contribution < -0.4 is 5.32 Å². The number of carbonyl (C=O) groups excluding carboxylic acids is 1. The molecule has 0 radical (unpaired) electrons. The number of aliphatic imine (C=N–C) groups is 1. The number of amides is 1. The van der Waals surface area contributed by atoms with Gasteiger partial charge in [-0.3, -0.25) is 14.8 Å². The Morgan fingerprint density at radius 1 is 1.16 bits per heavy atom. The van der Waals surface area contributed by atoms with Gasteiger partial charge in [0.2, 0.25) is 5.91 Å². The second-order valence-corrected chi connectivity index (χ2v) is 6.53. The highest BCUT2D eigenvalue weighted by Gasteiger charge is 2.33. The molecule has 5 nitrogen and oxygen atoms in total. The molecule has 5 heteroatoms. The van der Waals surface area contributed by atoms with Crippen LogP contribution in [0.5, 0.6) is 0 Å². The van der Waals surface area contributed by atoms with Crippen molar-refractivity contribution >= 4 is 11.7 Å². The first-order valence-corrected chi connectivity index (χ1v) is 8.70. The first-order chi connectivity index (χ1) is 12.2. The molecular weight excluding hydrogens is 312 g/mol. The summed E-state index contributed by atoms with van der Waals surface area (Å²) < 4.78 is 0. The van der Waals surface area contributed by atoms with Crippen LogP contribution in [0.2, 0.25) is 0 Å². The zero-order chi connectivity index (χ0) is 17.6. The van der Waals surface area contributed by atoms with Crippen LogP contribution in [0.4, 0.5) is 0 Å². The molecule has 3 rings (SSSR count). The molecule has 0 aliphatic carbocycles. The molecule has 1 aliphatic heterocycles. The Morgan fingerprint density at radius 3 is 2.56 bits per heavy atom. The van der Waals surface area contributed by atoms with Crippen molar-refractivity contribution in [2.24, 2.45) is 10.9 Å². The lowest BCUT2D eigenvalue weighted by Gasteiger charge is -2.32. The zero-order valence-corrected chi connectivity index (χ0v) is 14.7. The van der Waals surface area contributed by atoms with Crippen LogP contribution in [0, 0.1) is 5.92 Å². The summed E-state index contributed by atoms with van der Waals surface area (Å²) in [6, 6.07) is 13.6. The van der Waals surface area contributed by atoms with Crippen LogP contribution in [0.25, 0.3) is 0 Å². The topological polar surface area (TPSA) is 57.6 Å². The highest BCUT2D eigenvalue weighted by atomic mass is 16.2. The van der Waals surface area contributed by atoms with E-state index in [9.17, 15) is 4.79 Å². The van der Waals surface area contributed by atoms with Gasteiger partial charge in [0.05, 0.1) is 6.54 Å². The number of nitrogens with zero attached hydrogens (tertiary/aromatic N) is 3. The standard InChI is InChI=1S/C20H24N4O/c1-15(2)18(20(25)23-14-16-6-4-3-5-7-16)24-13-12-22-19(24)17-8-10-21-11-9-17/h3-11,15,18H,12-14H2,1-2H3,(H,23,25). The lowest BCUT2D eigenvalue weighted by Crippen LogP contribution is -2.51. The third-order valence-electron chi connectivity index (χ3n) is 4.36. The SMILES string of the molecule is CC(C)C(C(=O)NCc1ccccc1)N1CCN=C1c1ccncc1. The van der Waals surface area contributed by atoms with Crippen LogP contribution >= 0.6 is 0 Å². The molecule has 130 valence electrons. The van der Waals surface area contributed by atoms with E-state index in [1.54, 1.807) is 12.4 Å². The average Bonchev–Trinajstić information content (AvgIpc) is 3.10. The van der Waals surface area contributed by atoms with Gasteiger partial charge in [-0.1, -0.05) is 44.2 Å². The molecule has 0 spiro atoms. The van der Waals surface area contributed by atoms with Crippen molar-refractivity contribution in [3.05, 3.63) is 66.0 Å². The van der Waals surface area contributed by atoms with Gasteiger partial charge in [-0.15, -0.1) is 0 Å². The van der Waals surface area contributed by atoms with Gasteiger partial charge in [-0.05, 0) is 23.6 Å². The average molecular weight is 336 g/mol. The number of aromatic nitrogens is 1. The van der Waals surface area contributed by atoms with Crippen molar-refractivity contribution in [1.29, 1.82) is 0 Å². The van der Waals surface area contributed by atoms with E-state index in [-0.39, 0.29) is 17.9 Å². The largest absolute Gasteiger partial charge is 0.350 e. The zero-order valence-electron chi connectivity index (χ0n) is 14.7. The maximum absolute atomic E-state index is 12.9. The number of carbonyl (C=O) groups is 1. The monoisotopic (exact) mass is 336 g/mol. The maximum Gasteiger partial charge on any atom is 0.243 e. The Kier molecular flexibility index (Phi) is 5.43. The molecule has 1 aromatic carbocycles. The third-order valence-corrected chi connectivity index (χ3v) is 4.36. The fourth-order valence-corrected chi connectivity index (χ4v) is 3.18. The molecule has 1 unspecified atom stereocenters. The van der Waals surface area contributed by atoms with Gasteiger partial charge in [0.15, 0.2) is 0 Å². The van der Waals surface area contributed by atoms with Crippen molar-refractivity contribution in [1.82, 2.24) is 15.2 Å². The lowest BCUT2D eigenvalue weighted by molar-refractivity contribution is -0.126. The quantitative estimate of drug-likeness (QED) is 0.882. The molecule has 0 bridgehead atoms. The Morgan fingerprint density at radius 2 is 1.88 bits per heavy atom. The minimum Gasteiger partial charge on any atom is -0.350 e. The second kappa shape index (κ2) is 7.92. The summed E-state index contributed by atoms with van der Waals surface area (Å²) in [5.74, 6) is 1.11. The molecule has 2 heterocycles. The lowest BCUT2D eigenvalue weighted by atomic mass is 10.0. The number of hydrogen-bond acceptors (Lipinski definition) is 4. The van der Waals surface area contributed by atoms with E-state index in [1.807, 2.05) is 42.5 Å². The first kappa shape index (κ1) is 17.1. The first-order valence-electron chi connectivity index (χ1n) is 8.70. The molecule has 0 fully saturated rings. The smallest absolute Gasteiger partial charge is 0.243 e. The number of benzene rings is 1. The fourth-order valence-electron chi connectivity index (χ4n) is 3.18. The molecule has 0 saturated heterocycles. The van der Waals surface area contributed by atoms with E-state index in [4.69, 9.17) is 0 Å². The molecule has 0 saturated carbocycles. The van der Waals surface area contributed by atoms with Gasteiger partial charge < -0.3 is 10.2 Å². The van der Waals surface area contributed by atoms with Gasteiger partial charge in [0.25, 0.3) is 0 Å². The molecule has 1 aliphatic rings. The Bertz CT molecular complexity index is 728. The van der Waals surface area contributed by atoms with E-state index < -0.39 is 0 Å². The minimum atomic E-state index is -0.238. The minimum absolute atomic E-state index is 0.0440. The summed E-state index contributed by atoms with van der Waals surface area (Å²) in [6.07, 6.45) is 3.52. The van der Waals surface area contributed by atoms with E-state index >= 15 is 0 Å². The van der Waals surface area contributed by atoms with Gasteiger partial charge in [0, 0.05) is 31.0 Å². The van der Waals surface area contributed by atoms with E-state index in [0.29, 0.717) is 13.1 Å². The molecular formula is C20H24N4O. The number of pyridine rings is 1. The molecule has 1 atom stereocenters. The number of amidine groups is 1. The van der Waals surface area contributed by atoms with Crippen molar-refractivity contribution in [2.75, 3.05) is 13.1 Å². The summed E-state index contributed by atoms with van der Waals surface area (Å²) in [5.41, 5.74) is 2.11. The predicted octanol–water partition coefficient (Wildman–Crippen LogP) is 2.48. The summed E-state index contributed by atoms with van der Waals surface area (Å²) in [7, 11) is 0. The molecule has 1 aromatic heterocycles. The number of rotatable bonds is 6. The van der Waals surface area contributed by atoms with E-state index in [1.165, 1.54) is 0 Å². The van der Waals surface area contributed by atoms with Gasteiger partial charge in [-0.2, -0.15) is 0 Å². The van der Waals surface area contributed by atoms with Crippen LogP contribution in [0.3, 0.4) is 0 Å². The maximum atomic E-state index is 12.9. The molecule has 1 N–H and O–H groups in total. The predicted molar refractivity (Wildman–Crippen MR) is 99.3 cm³/mol. The van der Waals surface area contributed by atoms with Crippen molar-refractivity contribution in [3.8, 4) is 0 Å². The van der Waals surface area contributed by atoms with Gasteiger partial charge in [-0.25, -0.2) is 0 Å². The van der Waals surface area contributed by atoms with Crippen molar-refractivity contribution in [3.63, 3.8) is 0 Å². The van der Waals surface area contributed by atoms with Crippen LogP contribution in [-0.2, 0) is 11.3 Å². The van der Waals surface area contributed by atoms with Gasteiger partial charge >= 0.3 is 0 Å². The van der Waals surface area contributed by atoms with Crippen molar-refractivity contribution in [2.45, 2.75) is 26.4 Å². The third kappa shape index (κ3) is 4.05. The highest BCUT2D eigenvalue weighted by molar-refractivity contribution is 6.02. The highest BCUT2D eigenvalue weighted by Crippen LogP contribution is 2.19. The molecule has 1 amide bonds. The number of nitrogens with one attached hydrogen (secondary N) is 1. The van der Waals surface area contributed by atoms with E-state index in [0.717, 1.165) is 23.5 Å². The fraction of sp³-hybridized carbons (Fsp3) is 0.350. The Labute approximate surface area is 148 Å². The van der Waals surface area contributed by atoms with Crippen LogP contribution in [-0.4, -0.2) is 40.8 Å². The summed E-state index contributed by atoms with van der Waals surface area (Å²) in [4.78, 5) is 23.7. The summed E-state index contributed by atoms with van der Waals surface area (Å²) in [6.45, 7) is 6.18. The van der Waals surface area contributed by atoms with Crippen LogP contribution in [0.1, 0.15) is 25.0 Å². The molecule has 2 aromatic rings. The van der Waals surface area contributed by atoms with Crippen LogP contribution in [0.15, 0.2) is 59.9 Å². The Hall–Kier alpha value is -2.69. The molecule has 25 heavy (non-hydrogen) atoms. The summed E-state index contributed by atoms with van der Waals surface area (Å²) >= 11 is 0. The summed E-state index contributed by atoms with van der Waals surface area (Å²) in [5, 5.41) is 3.08. The number of hydrogen-bond donors (Lipinski definition) is 1. The van der Waals surface area contributed by atoms with E-state index in [2.05, 4.69) is 34.0 Å². The Balaban J connectivity index is 1.74. The normalized spacial score (nSPS) is 15.2. The second-order valence-electron chi connectivity index (χ2n) is 6.53. The van der Waals surface area contributed by atoms with Crippen molar-refractivity contribution < 1.29 is 4.79 Å².